The molecule has 0 atom stereocenters. The molecule has 23 heavy (non-hydrogen) atoms. The van der Waals surface area contributed by atoms with Crippen molar-refractivity contribution in [3.8, 4) is 0 Å². The lowest BCUT2D eigenvalue weighted by atomic mass is 10.1. The fourth-order valence-electron chi connectivity index (χ4n) is 1.81. The Hall–Kier alpha value is -2.54. The Kier molecular flexibility index (Phi) is 5.99. The second-order valence-corrected chi connectivity index (χ2v) is 5.63. The molecule has 0 aliphatic heterocycles. The van der Waals surface area contributed by atoms with E-state index in [0.717, 1.165) is 15.7 Å². The van der Waals surface area contributed by atoms with Crippen LogP contribution in [0.1, 0.15) is 0 Å². The van der Waals surface area contributed by atoms with Crippen molar-refractivity contribution in [2.45, 2.75) is 4.90 Å². The van der Waals surface area contributed by atoms with E-state index in [1.807, 2.05) is 47.8 Å². The molecule has 0 saturated heterocycles. The number of benzene rings is 2. The molecule has 120 valence electrons. The van der Waals surface area contributed by atoms with Gasteiger partial charge in [-0.1, -0.05) is 30.3 Å². The third-order valence-corrected chi connectivity index (χ3v) is 3.89. The number of fused-ring (bicyclic) bond motifs is 1. The molecule has 6 nitrogen and oxygen atoms in total. The fraction of sp³-hybridized carbons (Fsp3) is 0.188. The topological polar surface area (TPSA) is 84.5 Å². The summed E-state index contributed by atoms with van der Waals surface area (Å²) in [5.41, 5.74) is 0. The lowest BCUT2D eigenvalue weighted by Crippen LogP contribution is -2.39. The van der Waals surface area contributed by atoms with E-state index in [1.54, 1.807) is 0 Å². The Morgan fingerprint density at radius 2 is 1.83 bits per heavy atom. The van der Waals surface area contributed by atoms with Crippen molar-refractivity contribution in [2.24, 2.45) is 0 Å². The molecular formula is C16H16N2O4S. The second kappa shape index (κ2) is 8.19. The molecule has 2 rings (SSSR count). The third-order valence-electron chi connectivity index (χ3n) is 2.92. The van der Waals surface area contributed by atoms with Gasteiger partial charge in [-0.3, -0.25) is 14.9 Å². The van der Waals surface area contributed by atoms with Crippen molar-refractivity contribution in [1.29, 1.82) is 0 Å². The SMILES string of the molecule is CNC(=O)NC(=O)COC(=O)CSc1ccc2ccccc2c1. The average molecular weight is 332 g/mol. The van der Waals surface area contributed by atoms with Gasteiger partial charge in [-0.05, 0) is 22.9 Å². The van der Waals surface area contributed by atoms with Crippen molar-refractivity contribution >= 4 is 40.4 Å². The number of hydrogen-bond donors (Lipinski definition) is 2. The number of rotatable bonds is 5. The van der Waals surface area contributed by atoms with Gasteiger partial charge in [0.05, 0.1) is 5.75 Å². The number of amides is 3. The molecular weight excluding hydrogens is 316 g/mol. The van der Waals surface area contributed by atoms with E-state index in [0.29, 0.717) is 0 Å². The molecule has 0 bridgehead atoms. The van der Waals surface area contributed by atoms with E-state index < -0.39 is 24.5 Å². The standard InChI is InChI=1S/C16H16N2O4S/c1-17-16(21)18-14(19)9-22-15(20)10-23-13-7-6-11-4-2-3-5-12(11)8-13/h2-8H,9-10H2,1H3,(H2,17,18,19,21). The average Bonchev–Trinajstić information content (AvgIpc) is 2.57. The summed E-state index contributed by atoms with van der Waals surface area (Å²) in [6.07, 6.45) is 0. The lowest BCUT2D eigenvalue weighted by Gasteiger charge is -2.06. The number of esters is 1. The van der Waals surface area contributed by atoms with Crippen LogP contribution in [0.25, 0.3) is 10.8 Å². The maximum atomic E-state index is 11.6. The first kappa shape index (κ1) is 16.8. The molecule has 2 N–H and O–H groups in total. The highest BCUT2D eigenvalue weighted by molar-refractivity contribution is 8.00. The number of carbonyl (C=O) groups excluding carboxylic acids is 3. The molecule has 2 aromatic carbocycles. The quantitative estimate of drug-likeness (QED) is 0.645. The highest BCUT2D eigenvalue weighted by Gasteiger charge is 2.10. The zero-order chi connectivity index (χ0) is 16.7. The molecule has 0 radical (unpaired) electrons. The van der Waals surface area contributed by atoms with Crippen molar-refractivity contribution in [1.82, 2.24) is 10.6 Å². The molecule has 0 aromatic heterocycles. The Morgan fingerprint density at radius 3 is 2.57 bits per heavy atom. The molecule has 0 fully saturated rings. The summed E-state index contributed by atoms with van der Waals surface area (Å²) < 4.78 is 4.81. The number of carbonyl (C=O) groups is 3. The van der Waals surface area contributed by atoms with Gasteiger partial charge in [-0.15, -0.1) is 11.8 Å². The zero-order valence-electron chi connectivity index (χ0n) is 12.5. The number of hydrogen-bond acceptors (Lipinski definition) is 5. The van der Waals surface area contributed by atoms with E-state index in [2.05, 4.69) is 5.32 Å². The predicted octanol–water partition coefficient (Wildman–Crippen LogP) is 1.93. The van der Waals surface area contributed by atoms with E-state index in [1.165, 1.54) is 18.8 Å². The highest BCUT2D eigenvalue weighted by Crippen LogP contribution is 2.23. The number of thioether (sulfide) groups is 1. The van der Waals surface area contributed by atoms with Crippen LogP contribution < -0.4 is 10.6 Å². The Labute approximate surface area is 137 Å². The van der Waals surface area contributed by atoms with E-state index >= 15 is 0 Å². The van der Waals surface area contributed by atoms with Crippen molar-refractivity contribution in [3.05, 3.63) is 42.5 Å². The summed E-state index contributed by atoms with van der Waals surface area (Å²) in [5.74, 6) is -1.10. The van der Waals surface area contributed by atoms with Crippen LogP contribution in [0.2, 0.25) is 0 Å². The van der Waals surface area contributed by atoms with Gasteiger partial charge in [0, 0.05) is 11.9 Å². The second-order valence-electron chi connectivity index (χ2n) is 4.59. The summed E-state index contributed by atoms with van der Waals surface area (Å²) in [6.45, 7) is -0.482. The first-order valence-electron chi connectivity index (χ1n) is 6.87. The molecule has 0 heterocycles. The maximum Gasteiger partial charge on any atom is 0.321 e. The van der Waals surface area contributed by atoms with Gasteiger partial charge in [0.25, 0.3) is 5.91 Å². The van der Waals surface area contributed by atoms with Crippen molar-refractivity contribution in [2.75, 3.05) is 19.4 Å². The van der Waals surface area contributed by atoms with Crippen molar-refractivity contribution < 1.29 is 19.1 Å². The third kappa shape index (κ3) is 5.30. The van der Waals surface area contributed by atoms with Gasteiger partial charge in [0.1, 0.15) is 0 Å². The summed E-state index contributed by atoms with van der Waals surface area (Å²) in [6, 6.07) is 13.2. The summed E-state index contributed by atoms with van der Waals surface area (Å²) in [4.78, 5) is 34.7. The minimum Gasteiger partial charge on any atom is -0.455 e. The Balaban J connectivity index is 1.79. The monoisotopic (exact) mass is 332 g/mol. The van der Waals surface area contributed by atoms with Gasteiger partial charge < -0.3 is 10.1 Å². The smallest absolute Gasteiger partial charge is 0.321 e. The highest BCUT2D eigenvalue weighted by atomic mass is 32.2. The largest absolute Gasteiger partial charge is 0.455 e. The molecule has 0 spiro atoms. The van der Waals surface area contributed by atoms with E-state index in [4.69, 9.17) is 4.74 Å². The molecule has 2 aromatic rings. The fourth-order valence-corrected chi connectivity index (χ4v) is 2.55. The van der Waals surface area contributed by atoms with Gasteiger partial charge >= 0.3 is 12.0 Å². The van der Waals surface area contributed by atoms with Crippen molar-refractivity contribution in [3.63, 3.8) is 0 Å². The van der Waals surface area contributed by atoms with E-state index in [9.17, 15) is 14.4 Å². The van der Waals surface area contributed by atoms with Crippen LogP contribution in [0.15, 0.2) is 47.4 Å². The normalized spacial score (nSPS) is 10.1. The molecule has 3 amide bonds. The molecule has 0 aliphatic carbocycles. The van der Waals surface area contributed by atoms with Crippen LogP contribution in [0.3, 0.4) is 0 Å². The molecule has 0 saturated carbocycles. The van der Waals surface area contributed by atoms with Crippen LogP contribution in [-0.4, -0.2) is 37.3 Å². The maximum absolute atomic E-state index is 11.6. The van der Waals surface area contributed by atoms with Crippen LogP contribution in [0.5, 0.6) is 0 Å². The van der Waals surface area contributed by atoms with Crippen LogP contribution in [-0.2, 0) is 14.3 Å². The Bertz CT molecular complexity index is 733. The van der Waals surface area contributed by atoms with Gasteiger partial charge in [0.2, 0.25) is 0 Å². The first-order valence-corrected chi connectivity index (χ1v) is 7.86. The van der Waals surface area contributed by atoms with Gasteiger partial charge in [-0.25, -0.2) is 4.79 Å². The van der Waals surface area contributed by atoms with Gasteiger partial charge in [0.15, 0.2) is 6.61 Å². The van der Waals surface area contributed by atoms with Crippen LogP contribution >= 0.6 is 11.8 Å². The predicted molar refractivity (Wildman–Crippen MR) is 88.2 cm³/mol. The molecule has 7 heteroatoms. The number of ether oxygens (including phenoxy) is 1. The molecule has 0 unspecified atom stereocenters. The van der Waals surface area contributed by atoms with Crippen LogP contribution in [0.4, 0.5) is 4.79 Å². The summed E-state index contributed by atoms with van der Waals surface area (Å²) in [7, 11) is 1.38. The Morgan fingerprint density at radius 1 is 1.09 bits per heavy atom. The summed E-state index contributed by atoms with van der Waals surface area (Å²) in [5, 5.41) is 6.46. The first-order chi connectivity index (χ1) is 11.1. The zero-order valence-corrected chi connectivity index (χ0v) is 13.3. The number of nitrogens with one attached hydrogen (secondary N) is 2. The lowest BCUT2D eigenvalue weighted by molar-refractivity contribution is -0.145. The van der Waals surface area contributed by atoms with Gasteiger partial charge in [-0.2, -0.15) is 0 Å². The number of imide groups is 1. The minimum atomic E-state index is -0.673. The molecule has 0 aliphatic rings. The number of urea groups is 1. The summed E-state index contributed by atoms with van der Waals surface area (Å²) >= 11 is 1.33. The van der Waals surface area contributed by atoms with Crippen LogP contribution in [0, 0.1) is 0 Å². The van der Waals surface area contributed by atoms with E-state index in [-0.39, 0.29) is 5.75 Å². The minimum absolute atomic E-state index is 0.0889.